The van der Waals surface area contributed by atoms with Gasteiger partial charge >= 0.3 is 0 Å². The van der Waals surface area contributed by atoms with E-state index in [-0.39, 0.29) is 5.78 Å². The molecule has 0 heterocycles. The fraction of sp³-hybridized carbons (Fsp3) is 0.562. The van der Waals surface area contributed by atoms with Gasteiger partial charge in [-0.1, -0.05) is 57.7 Å². The first kappa shape index (κ1) is 15.4. The maximum Gasteiger partial charge on any atom is 0.164 e. The van der Waals surface area contributed by atoms with E-state index in [1.807, 2.05) is 25.1 Å². The molecular weight excluding hydrogens is 288 g/mol. The minimum atomic E-state index is 0.272. The number of Topliss-reactive ketones (excluding diaryl/α,β-unsaturated/α-hetero) is 1. The summed E-state index contributed by atoms with van der Waals surface area (Å²) in [4.78, 5) is 12.3. The topological polar surface area (TPSA) is 17.1 Å². The number of hydrogen-bond donors (Lipinski definition) is 0. The quantitative estimate of drug-likeness (QED) is 0.604. The monoisotopic (exact) mass is 310 g/mol. The Hall–Kier alpha value is -0.630. The molecule has 1 unspecified atom stereocenters. The van der Waals surface area contributed by atoms with Gasteiger partial charge < -0.3 is 0 Å². The van der Waals surface area contributed by atoms with Gasteiger partial charge in [0.1, 0.15) is 0 Å². The van der Waals surface area contributed by atoms with Crippen LogP contribution in [0.2, 0.25) is 0 Å². The predicted molar refractivity (Wildman–Crippen MR) is 81.1 cm³/mol. The van der Waals surface area contributed by atoms with E-state index in [1.54, 1.807) is 0 Å². The lowest BCUT2D eigenvalue weighted by atomic mass is 9.91. The average Bonchev–Trinajstić information content (AvgIpc) is 2.37. The van der Waals surface area contributed by atoms with E-state index in [0.717, 1.165) is 22.0 Å². The fourth-order valence-electron chi connectivity index (χ4n) is 2.18. The largest absolute Gasteiger partial charge is 0.294 e. The van der Waals surface area contributed by atoms with E-state index >= 15 is 0 Å². The van der Waals surface area contributed by atoms with Gasteiger partial charge in [-0.15, -0.1) is 0 Å². The summed E-state index contributed by atoms with van der Waals surface area (Å²) in [7, 11) is 0. The molecule has 0 aromatic heterocycles. The number of benzene rings is 1. The van der Waals surface area contributed by atoms with Crippen molar-refractivity contribution >= 4 is 21.7 Å². The van der Waals surface area contributed by atoms with Crippen molar-refractivity contribution in [2.45, 2.75) is 52.9 Å². The van der Waals surface area contributed by atoms with Crippen molar-refractivity contribution in [1.82, 2.24) is 0 Å². The zero-order valence-corrected chi connectivity index (χ0v) is 13.2. The van der Waals surface area contributed by atoms with Gasteiger partial charge in [0.15, 0.2) is 5.78 Å². The van der Waals surface area contributed by atoms with Gasteiger partial charge in [0.2, 0.25) is 0 Å². The molecule has 2 heteroatoms. The molecule has 1 atom stereocenters. The smallest absolute Gasteiger partial charge is 0.164 e. The van der Waals surface area contributed by atoms with Gasteiger partial charge in [0.25, 0.3) is 0 Å². The Morgan fingerprint density at radius 3 is 2.67 bits per heavy atom. The molecule has 0 fully saturated rings. The lowest BCUT2D eigenvalue weighted by molar-refractivity contribution is 0.0956. The zero-order chi connectivity index (χ0) is 13.5. The minimum absolute atomic E-state index is 0.272. The third-order valence-corrected chi connectivity index (χ3v) is 4.56. The summed E-state index contributed by atoms with van der Waals surface area (Å²) < 4.78 is 0.959. The Balaban J connectivity index is 2.72. The molecule has 0 amide bonds. The van der Waals surface area contributed by atoms with Crippen LogP contribution in [0.5, 0.6) is 0 Å². The Bertz CT molecular complexity index is 398. The molecule has 1 nitrogen and oxygen atoms in total. The van der Waals surface area contributed by atoms with Crippen molar-refractivity contribution < 1.29 is 4.79 Å². The SMILES string of the molecule is CCCCC(CC)CC(=O)c1cccc(C)c1Br. The normalized spacial score (nSPS) is 12.4. The molecule has 0 saturated heterocycles. The molecule has 18 heavy (non-hydrogen) atoms. The molecule has 100 valence electrons. The highest BCUT2D eigenvalue weighted by Gasteiger charge is 2.16. The van der Waals surface area contributed by atoms with Gasteiger partial charge in [-0.25, -0.2) is 0 Å². The number of ketones is 1. The summed E-state index contributed by atoms with van der Waals surface area (Å²) in [6.07, 6.45) is 5.37. The van der Waals surface area contributed by atoms with Crippen molar-refractivity contribution in [2.75, 3.05) is 0 Å². The summed E-state index contributed by atoms with van der Waals surface area (Å²) in [6, 6.07) is 5.90. The second-order valence-electron chi connectivity index (χ2n) is 4.98. The number of halogens is 1. The first-order chi connectivity index (χ1) is 8.60. The maximum atomic E-state index is 12.3. The summed E-state index contributed by atoms with van der Waals surface area (Å²) >= 11 is 3.52. The standard InChI is InChI=1S/C16H23BrO/c1-4-6-9-13(5-2)11-15(18)14-10-7-8-12(3)16(14)17/h7-8,10,13H,4-6,9,11H2,1-3H3. The second-order valence-corrected chi connectivity index (χ2v) is 5.77. The Labute approximate surface area is 119 Å². The third-order valence-electron chi connectivity index (χ3n) is 3.51. The highest BCUT2D eigenvalue weighted by Crippen LogP contribution is 2.25. The maximum absolute atomic E-state index is 12.3. The first-order valence-corrected chi connectivity index (χ1v) is 7.67. The highest BCUT2D eigenvalue weighted by molar-refractivity contribution is 9.10. The van der Waals surface area contributed by atoms with Crippen LogP contribution in [-0.2, 0) is 0 Å². The van der Waals surface area contributed by atoms with Crippen LogP contribution < -0.4 is 0 Å². The van der Waals surface area contributed by atoms with E-state index in [9.17, 15) is 4.79 Å². The van der Waals surface area contributed by atoms with E-state index < -0.39 is 0 Å². The number of hydrogen-bond acceptors (Lipinski definition) is 1. The Kier molecular flexibility index (Phi) is 6.62. The molecule has 0 aliphatic rings. The third kappa shape index (κ3) is 4.24. The lowest BCUT2D eigenvalue weighted by Crippen LogP contribution is -2.09. The van der Waals surface area contributed by atoms with Crippen LogP contribution in [0.4, 0.5) is 0 Å². The van der Waals surface area contributed by atoms with E-state index in [0.29, 0.717) is 12.3 Å². The lowest BCUT2D eigenvalue weighted by Gasteiger charge is -2.14. The van der Waals surface area contributed by atoms with Crippen LogP contribution in [0, 0.1) is 12.8 Å². The summed E-state index contributed by atoms with van der Waals surface area (Å²) in [5.74, 6) is 0.804. The van der Waals surface area contributed by atoms with Gasteiger partial charge in [-0.3, -0.25) is 4.79 Å². The average molecular weight is 311 g/mol. The molecule has 0 spiro atoms. The second kappa shape index (κ2) is 7.73. The van der Waals surface area contributed by atoms with Crippen molar-refractivity contribution in [1.29, 1.82) is 0 Å². The predicted octanol–water partition coefficient (Wildman–Crippen LogP) is 5.55. The van der Waals surface area contributed by atoms with Gasteiger partial charge in [-0.05, 0) is 34.3 Å². The molecule has 0 N–H and O–H groups in total. The van der Waals surface area contributed by atoms with Gasteiger partial charge in [0.05, 0.1) is 0 Å². The van der Waals surface area contributed by atoms with Crippen LogP contribution in [0.1, 0.15) is 61.9 Å². The summed E-state index contributed by atoms with van der Waals surface area (Å²) in [5, 5.41) is 0. The fourth-order valence-corrected chi connectivity index (χ4v) is 2.66. The van der Waals surface area contributed by atoms with Crippen molar-refractivity contribution in [3.63, 3.8) is 0 Å². The Morgan fingerprint density at radius 2 is 2.06 bits per heavy atom. The first-order valence-electron chi connectivity index (χ1n) is 6.88. The zero-order valence-electron chi connectivity index (χ0n) is 11.6. The molecule has 0 aliphatic carbocycles. The van der Waals surface area contributed by atoms with Crippen LogP contribution >= 0.6 is 15.9 Å². The molecule has 0 bridgehead atoms. The van der Waals surface area contributed by atoms with Crippen molar-refractivity contribution in [2.24, 2.45) is 5.92 Å². The van der Waals surface area contributed by atoms with E-state index in [2.05, 4.69) is 29.8 Å². The van der Waals surface area contributed by atoms with E-state index in [4.69, 9.17) is 0 Å². The van der Waals surface area contributed by atoms with Crippen molar-refractivity contribution in [3.05, 3.63) is 33.8 Å². The van der Waals surface area contributed by atoms with E-state index in [1.165, 1.54) is 19.3 Å². The molecule has 0 saturated carbocycles. The summed E-state index contributed by atoms with van der Waals surface area (Å²) in [6.45, 7) is 6.40. The molecule has 1 aromatic carbocycles. The Morgan fingerprint density at radius 1 is 1.33 bits per heavy atom. The number of carbonyl (C=O) groups is 1. The minimum Gasteiger partial charge on any atom is -0.294 e. The molecular formula is C16H23BrO. The molecule has 1 aromatic rings. The highest BCUT2D eigenvalue weighted by atomic mass is 79.9. The number of carbonyl (C=O) groups excluding carboxylic acids is 1. The van der Waals surface area contributed by atoms with Crippen LogP contribution in [0.3, 0.4) is 0 Å². The van der Waals surface area contributed by atoms with Gasteiger partial charge in [-0.2, -0.15) is 0 Å². The number of rotatable bonds is 7. The molecule has 1 rings (SSSR count). The number of aryl methyl sites for hydroxylation is 1. The number of unbranched alkanes of at least 4 members (excludes halogenated alkanes) is 1. The van der Waals surface area contributed by atoms with Crippen molar-refractivity contribution in [3.8, 4) is 0 Å². The summed E-state index contributed by atoms with van der Waals surface area (Å²) in [5.41, 5.74) is 1.97. The van der Waals surface area contributed by atoms with Crippen LogP contribution in [0.15, 0.2) is 22.7 Å². The van der Waals surface area contributed by atoms with Crippen LogP contribution in [0.25, 0.3) is 0 Å². The molecule has 0 radical (unpaired) electrons. The van der Waals surface area contributed by atoms with Crippen LogP contribution in [-0.4, -0.2) is 5.78 Å². The molecule has 0 aliphatic heterocycles. The van der Waals surface area contributed by atoms with Gasteiger partial charge in [0, 0.05) is 16.5 Å².